The zero-order chi connectivity index (χ0) is 8.93. The molecule has 14 heavy (non-hydrogen) atoms. The summed E-state index contributed by atoms with van der Waals surface area (Å²) in [6, 6.07) is 0. The maximum absolute atomic E-state index is 2.22. The first-order valence-electron chi connectivity index (χ1n) is 4.85. The molecule has 3 aliphatic carbocycles. The van der Waals surface area contributed by atoms with Gasteiger partial charge in [-0.2, -0.15) is 0 Å². The molecule has 0 aromatic carbocycles. The fourth-order valence-corrected chi connectivity index (χ4v) is 1.40. The van der Waals surface area contributed by atoms with Crippen molar-refractivity contribution in [2.24, 2.45) is 5.92 Å². The smallest absolute Gasteiger partial charge is 0.00536 e. The van der Waals surface area contributed by atoms with E-state index in [9.17, 15) is 0 Å². The van der Waals surface area contributed by atoms with Crippen LogP contribution in [-0.2, 0) is 17.1 Å². The SMILES string of the molecule is [CH]1C=CC(C2CC2)=C1.[CH]1C=CC=C1.[Fe]. The minimum atomic E-state index is 0. The van der Waals surface area contributed by atoms with Gasteiger partial charge in [0.15, 0.2) is 0 Å². The van der Waals surface area contributed by atoms with E-state index in [1.807, 2.05) is 30.7 Å². The molecule has 3 aliphatic rings. The molecule has 0 amide bonds. The van der Waals surface area contributed by atoms with E-state index < -0.39 is 0 Å². The van der Waals surface area contributed by atoms with Gasteiger partial charge in [-0.1, -0.05) is 42.5 Å². The van der Waals surface area contributed by atoms with Crippen LogP contribution in [0.5, 0.6) is 0 Å². The molecular weight excluding hydrogens is 212 g/mol. The summed E-state index contributed by atoms with van der Waals surface area (Å²) in [6.07, 6.45) is 21.5. The van der Waals surface area contributed by atoms with Gasteiger partial charge in [-0.15, -0.1) is 0 Å². The van der Waals surface area contributed by atoms with Crippen molar-refractivity contribution in [2.45, 2.75) is 12.8 Å². The molecule has 1 fully saturated rings. The first-order chi connectivity index (χ1) is 6.47. The summed E-state index contributed by atoms with van der Waals surface area (Å²) in [5, 5.41) is 0. The van der Waals surface area contributed by atoms with Crippen molar-refractivity contribution in [3.05, 3.63) is 60.9 Å². The van der Waals surface area contributed by atoms with Gasteiger partial charge in [0.1, 0.15) is 0 Å². The van der Waals surface area contributed by atoms with E-state index in [0.29, 0.717) is 0 Å². The summed E-state index contributed by atoms with van der Waals surface area (Å²) < 4.78 is 0. The number of allylic oxidation sites excluding steroid dienone is 8. The fourth-order valence-electron chi connectivity index (χ4n) is 1.40. The van der Waals surface area contributed by atoms with Crippen LogP contribution in [0.4, 0.5) is 0 Å². The first-order valence-corrected chi connectivity index (χ1v) is 4.85. The van der Waals surface area contributed by atoms with Crippen molar-refractivity contribution in [2.75, 3.05) is 0 Å². The van der Waals surface area contributed by atoms with Crippen LogP contribution in [0.15, 0.2) is 48.1 Å². The third-order valence-corrected chi connectivity index (χ3v) is 2.29. The van der Waals surface area contributed by atoms with Gasteiger partial charge in [0, 0.05) is 29.9 Å². The summed E-state index contributed by atoms with van der Waals surface area (Å²) >= 11 is 0. The third-order valence-electron chi connectivity index (χ3n) is 2.29. The molecule has 0 unspecified atom stereocenters. The molecule has 74 valence electrons. The number of hydrogen-bond donors (Lipinski definition) is 0. The van der Waals surface area contributed by atoms with Crippen molar-refractivity contribution in [3.8, 4) is 0 Å². The molecule has 0 N–H and O–H groups in total. The topological polar surface area (TPSA) is 0 Å². The van der Waals surface area contributed by atoms with Crippen molar-refractivity contribution in [1.82, 2.24) is 0 Å². The molecule has 0 bridgehead atoms. The Morgan fingerprint density at radius 2 is 1.57 bits per heavy atom. The van der Waals surface area contributed by atoms with E-state index in [1.165, 1.54) is 12.8 Å². The van der Waals surface area contributed by atoms with Crippen LogP contribution < -0.4 is 0 Å². The van der Waals surface area contributed by atoms with Crippen LogP contribution in [0.3, 0.4) is 0 Å². The molecule has 0 nitrogen and oxygen atoms in total. The summed E-state index contributed by atoms with van der Waals surface area (Å²) in [7, 11) is 0. The summed E-state index contributed by atoms with van der Waals surface area (Å²) in [5.74, 6) is 0.935. The standard InChI is InChI=1S/C8H9.C5H5.Fe/c1-2-4-7(3-1)8-5-6-8;1-2-4-5-3-1;/h1-4,8H,5-6H2;1-5H;. The zero-order valence-corrected chi connectivity index (χ0v) is 9.15. The predicted molar refractivity (Wildman–Crippen MR) is 56.8 cm³/mol. The Labute approximate surface area is 96.9 Å². The van der Waals surface area contributed by atoms with Crippen molar-refractivity contribution < 1.29 is 17.1 Å². The van der Waals surface area contributed by atoms with E-state index in [2.05, 4.69) is 24.6 Å². The zero-order valence-electron chi connectivity index (χ0n) is 8.04. The van der Waals surface area contributed by atoms with Gasteiger partial charge in [0.25, 0.3) is 0 Å². The largest absolute Gasteiger partial charge is 0.0767 e. The minimum absolute atomic E-state index is 0. The monoisotopic (exact) mass is 226 g/mol. The van der Waals surface area contributed by atoms with Crippen LogP contribution in [0, 0.1) is 18.8 Å². The van der Waals surface area contributed by atoms with Crippen LogP contribution in [0.2, 0.25) is 0 Å². The second-order valence-electron chi connectivity index (χ2n) is 3.45. The van der Waals surface area contributed by atoms with E-state index in [1.54, 1.807) is 5.57 Å². The van der Waals surface area contributed by atoms with E-state index in [-0.39, 0.29) is 17.1 Å². The van der Waals surface area contributed by atoms with Crippen LogP contribution in [-0.4, -0.2) is 0 Å². The summed E-state index contributed by atoms with van der Waals surface area (Å²) in [6.45, 7) is 0. The average Bonchev–Trinajstić information content (AvgIpc) is 2.75. The van der Waals surface area contributed by atoms with Gasteiger partial charge >= 0.3 is 0 Å². The molecule has 2 radical (unpaired) electrons. The molecule has 0 spiro atoms. The average molecular weight is 226 g/mol. The molecule has 1 saturated carbocycles. The van der Waals surface area contributed by atoms with Crippen molar-refractivity contribution >= 4 is 0 Å². The number of hydrogen-bond acceptors (Lipinski definition) is 0. The molecule has 0 aliphatic heterocycles. The normalized spacial score (nSPS) is 21.3. The van der Waals surface area contributed by atoms with Gasteiger partial charge in [0.2, 0.25) is 0 Å². The molecule has 0 heterocycles. The maximum atomic E-state index is 2.22. The Kier molecular flexibility index (Phi) is 5.00. The predicted octanol–water partition coefficient (Wildman–Crippen LogP) is 3.41. The van der Waals surface area contributed by atoms with E-state index >= 15 is 0 Å². The first kappa shape index (κ1) is 11.6. The Hall–Kier alpha value is -0.521. The fraction of sp³-hybridized carbons (Fsp3) is 0.231. The van der Waals surface area contributed by atoms with E-state index in [0.717, 1.165) is 5.92 Å². The van der Waals surface area contributed by atoms with Crippen LogP contribution in [0.25, 0.3) is 0 Å². The molecule has 0 aromatic rings. The Morgan fingerprint density at radius 1 is 0.857 bits per heavy atom. The molecular formula is C13H14Fe. The maximum Gasteiger partial charge on any atom is 0.00536 e. The molecule has 0 aromatic heterocycles. The summed E-state index contributed by atoms with van der Waals surface area (Å²) in [5.41, 5.74) is 1.55. The van der Waals surface area contributed by atoms with Gasteiger partial charge in [-0.3, -0.25) is 0 Å². The molecule has 0 atom stereocenters. The Balaban J connectivity index is 0.000000144. The van der Waals surface area contributed by atoms with Crippen molar-refractivity contribution in [3.63, 3.8) is 0 Å². The molecule has 3 rings (SSSR count). The Morgan fingerprint density at radius 3 is 1.93 bits per heavy atom. The van der Waals surface area contributed by atoms with Crippen LogP contribution >= 0.6 is 0 Å². The van der Waals surface area contributed by atoms with Gasteiger partial charge in [-0.05, 0) is 24.3 Å². The molecule has 1 heteroatoms. The van der Waals surface area contributed by atoms with Gasteiger partial charge in [0.05, 0.1) is 0 Å². The molecule has 0 saturated heterocycles. The quantitative estimate of drug-likeness (QED) is 0.601. The third kappa shape index (κ3) is 3.69. The van der Waals surface area contributed by atoms with E-state index in [4.69, 9.17) is 0 Å². The Bertz CT molecular complexity index is 268. The van der Waals surface area contributed by atoms with Crippen LogP contribution in [0.1, 0.15) is 12.8 Å². The minimum Gasteiger partial charge on any atom is -0.0767 e. The van der Waals surface area contributed by atoms with Gasteiger partial charge in [-0.25, -0.2) is 0 Å². The van der Waals surface area contributed by atoms with Gasteiger partial charge < -0.3 is 0 Å². The second-order valence-corrected chi connectivity index (χ2v) is 3.45. The summed E-state index contributed by atoms with van der Waals surface area (Å²) in [4.78, 5) is 0. The van der Waals surface area contributed by atoms with Crippen molar-refractivity contribution in [1.29, 1.82) is 0 Å². The number of rotatable bonds is 1. The second kappa shape index (κ2) is 6.06.